The van der Waals surface area contributed by atoms with Crippen LogP contribution in [0.1, 0.15) is 0 Å². The van der Waals surface area contributed by atoms with Crippen molar-refractivity contribution in [3.05, 3.63) is 84.9 Å². The predicted molar refractivity (Wildman–Crippen MR) is 393 cm³/mol. The molecule has 76 heavy (non-hydrogen) atoms. The van der Waals surface area contributed by atoms with Crippen LogP contribution in [0.25, 0.3) is 78.4 Å². The van der Waals surface area contributed by atoms with E-state index in [4.69, 9.17) is 19.4 Å². The van der Waals surface area contributed by atoms with Crippen LogP contribution in [0, 0.1) is 0 Å². The Morgan fingerprint density at radius 1 is 0.250 bits per heavy atom. The first-order chi connectivity index (χ1) is 36.1. The molecular weight excluding hydrogens is 901 g/mol. The van der Waals surface area contributed by atoms with Crippen molar-refractivity contribution in [2.24, 2.45) is 0 Å². The van der Waals surface area contributed by atoms with Gasteiger partial charge in [0, 0.05) is 44.5 Å². The van der Waals surface area contributed by atoms with Crippen LogP contribution >= 0.6 is 0 Å². The Kier molecular flexibility index (Phi) is 13.9. The number of furan rings is 1. The van der Waals surface area contributed by atoms with E-state index in [1.807, 2.05) is 36.4 Å². The van der Waals surface area contributed by atoms with Crippen molar-refractivity contribution < 1.29 is 4.42 Å². The number of hydrogen-bond donors (Lipinski definition) is 0. The molecule has 2 aromatic heterocycles. The van der Waals surface area contributed by atoms with Crippen molar-refractivity contribution in [1.82, 2.24) is 15.0 Å². The van der Waals surface area contributed by atoms with E-state index in [0.717, 1.165) is 44.3 Å². The van der Waals surface area contributed by atoms with E-state index in [-0.39, 0.29) is 0 Å². The Labute approximate surface area is 467 Å². The first-order valence-corrected chi connectivity index (χ1v) is 27.1. The number of nitrogens with zero attached hydrogens (tertiary/aromatic N) is 4. The topological polar surface area (TPSA) is 55.1 Å². The molecule has 344 valence electrons. The third-order valence-electron chi connectivity index (χ3n) is 18.6. The zero-order valence-corrected chi connectivity index (χ0v) is 48.8. The molecule has 0 unspecified atom stereocenters. The number of aromatic nitrogens is 3. The Balaban J connectivity index is 1.29. The number of hydrogen-bond acceptors (Lipinski definition) is 5. The summed E-state index contributed by atoms with van der Waals surface area (Å²) in [6.45, 7) is 0. The van der Waals surface area contributed by atoms with Crippen LogP contribution < -0.4 is 114 Å². The van der Waals surface area contributed by atoms with Gasteiger partial charge in [-0.3, -0.25) is 0 Å². The fourth-order valence-electron chi connectivity index (χ4n) is 12.6. The van der Waals surface area contributed by atoms with Gasteiger partial charge in [0.1, 0.15) is 168 Å². The van der Waals surface area contributed by atoms with Gasteiger partial charge in [-0.1, -0.05) is 172 Å². The van der Waals surface area contributed by atoms with E-state index in [0.29, 0.717) is 17.5 Å². The molecule has 0 radical (unpaired) electrons. The number of benzene rings is 8. The number of rotatable bonds is 8. The minimum absolute atomic E-state index is 0.629. The number of anilines is 3. The summed E-state index contributed by atoms with van der Waals surface area (Å²) < 4.78 is 7.36. The molecule has 10 aromatic rings. The molecule has 0 amide bonds. The van der Waals surface area contributed by atoms with Crippen molar-refractivity contribution in [2.45, 2.75) is 0 Å². The van der Waals surface area contributed by atoms with Crippen LogP contribution in [-0.4, -0.2) is 172 Å². The van der Waals surface area contributed by atoms with Crippen molar-refractivity contribution in [2.75, 3.05) is 4.90 Å². The SMILES string of the molecule is Bc1c(B)c(B)c(N(c2c(B)c(B)c(B)c(B)c2B)c2c(B)c(B)c(B)c(-c3c(B)c(-c4ccc(-c5nc(-c6ccccc6)nc(-c6ccccc6)n5)cc4)c4c(oc5c(B)c(B)c(B)c(B)c54)c3B)c2B)c(B)c1B. The van der Waals surface area contributed by atoms with E-state index in [2.05, 4.69) is 210 Å². The quantitative estimate of drug-likeness (QED) is 0.142. The second-order valence-electron chi connectivity index (χ2n) is 22.1. The second kappa shape index (κ2) is 19.9. The van der Waals surface area contributed by atoms with Gasteiger partial charge < -0.3 is 9.32 Å². The molecule has 0 aliphatic rings. The lowest BCUT2D eigenvalue weighted by molar-refractivity contribution is 0.675. The normalized spacial score (nSPS) is 11.4. The highest BCUT2D eigenvalue weighted by Crippen LogP contribution is 2.37. The first-order valence-electron chi connectivity index (χ1n) is 27.1. The minimum Gasteiger partial charge on any atom is -0.457 e. The lowest BCUT2D eigenvalue weighted by Gasteiger charge is -2.39. The third kappa shape index (κ3) is 8.19. The standard InChI is InChI=1S/C51H54B20N4O/c52-24-19(15-11-13-18(14-12-15)51-73-49(16-7-3-1-4-8-16)72-50(74-51)17-9-5-2-6-10-17)20-23-26(54)29(57)37(65)43(71)48(23)76-47(20)28(56)21(24)22-25(53)30(58)38(66)44(27(22)55)75(45-39(67)33(61)31(59)34(62)40(45)68)46-41(69)35(63)32(60)36(64)42(46)70/h1-14H,52-71H2. The molecular formula is C51H54B20N4O. The van der Waals surface area contributed by atoms with Gasteiger partial charge in [0.25, 0.3) is 0 Å². The Bertz CT molecular complexity index is 3930. The van der Waals surface area contributed by atoms with E-state index >= 15 is 0 Å². The average Bonchev–Trinajstić information content (AvgIpc) is 3.93. The van der Waals surface area contributed by atoms with Crippen molar-refractivity contribution in [3.8, 4) is 56.4 Å². The van der Waals surface area contributed by atoms with Crippen LogP contribution in [0.3, 0.4) is 0 Å². The van der Waals surface area contributed by atoms with Crippen LogP contribution in [0.5, 0.6) is 0 Å². The van der Waals surface area contributed by atoms with Crippen LogP contribution in [0.4, 0.5) is 17.1 Å². The van der Waals surface area contributed by atoms with E-state index < -0.39 is 0 Å². The van der Waals surface area contributed by atoms with Gasteiger partial charge in [-0.25, -0.2) is 15.0 Å². The zero-order chi connectivity index (χ0) is 54.7. The highest BCUT2D eigenvalue weighted by atomic mass is 16.3. The van der Waals surface area contributed by atoms with Crippen LogP contribution in [0.2, 0.25) is 0 Å². The summed E-state index contributed by atoms with van der Waals surface area (Å²) in [5, 5.41) is 2.36. The van der Waals surface area contributed by atoms with Crippen molar-refractivity contribution in [1.29, 1.82) is 0 Å². The Hall–Kier alpha value is -6.33. The third-order valence-corrected chi connectivity index (χ3v) is 18.6. The molecule has 0 aliphatic carbocycles. The van der Waals surface area contributed by atoms with Crippen LogP contribution in [0.15, 0.2) is 89.3 Å². The number of fused-ring (bicyclic) bond motifs is 3. The molecule has 2 heterocycles. The molecule has 10 rings (SSSR count). The van der Waals surface area contributed by atoms with E-state index in [9.17, 15) is 0 Å². The fourth-order valence-corrected chi connectivity index (χ4v) is 12.6. The van der Waals surface area contributed by atoms with Gasteiger partial charge in [-0.2, -0.15) is 0 Å². The molecule has 0 saturated heterocycles. The summed E-state index contributed by atoms with van der Waals surface area (Å²) >= 11 is 0. The second-order valence-corrected chi connectivity index (χ2v) is 22.1. The zero-order valence-electron chi connectivity index (χ0n) is 48.8. The molecule has 25 heteroatoms. The Morgan fingerprint density at radius 2 is 0.566 bits per heavy atom. The van der Waals surface area contributed by atoms with Gasteiger partial charge in [0.15, 0.2) is 17.5 Å². The summed E-state index contributed by atoms with van der Waals surface area (Å²) in [5.41, 5.74) is 39.2. The summed E-state index contributed by atoms with van der Waals surface area (Å²) in [7, 11) is 46.2. The van der Waals surface area contributed by atoms with Gasteiger partial charge in [0.05, 0.1) is 0 Å². The molecule has 0 spiro atoms. The maximum atomic E-state index is 7.36. The van der Waals surface area contributed by atoms with Gasteiger partial charge in [0.2, 0.25) is 0 Å². The molecule has 0 fully saturated rings. The molecule has 0 aliphatic heterocycles. The fraction of sp³-hybridized carbons (Fsp3) is 0. The van der Waals surface area contributed by atoms with Crippen molar-refractivity contribution in [3.63, 3.8) is 0 Å². The Morgan fingerprint density at radius 3 is 1.00 bits per heavy atom. The monoisotopic (exact) mass is 959 g/mol. The molecule has 5 nitrogen and oxygen atoms in total. The smallest absolute Gasteiger partial charge is 0.164 e. The largest absolute Gasteiger partial charge is 0.457 e. The molecule has 0 atom stereocenters. The lowest BCUT2D eigenvalue weighted by atomic mass is 9.59. The van der Waals surface area contributed by atoms with Gasteiger partial charge >= 0.3 is 0 Å². The predicted octanol–water partition coefficient (Wildman–Crippen LogP) is -21.3. The maximum absolute atomic E-state index is 7.36. The summed E-state index contributed by atoms with van der Waals surface area (Å²) in [6, 6.07) is 29.3. The molecule has 8 aromatic carbocycles. The summed E-state index contributed by atoms with van der Waals surface area (Å²) in [6.07, 6.45) is 0. The maximum Gasteiger partial charge on any atom is 0.164 e. The highest BCUT2D eigenvalue weighted by Gasteiger charge is 2.32. The first kappa shape index (κ1) is 53.1. The van der Waals surface area contributed by atoms with Gasteiger partial charge in [-0.15, -0.1) is 16.4 Å². The molecule has 0 bridgehead atoms. The van der Waals surface area contributed by atoms with E-state index in [1.54, 1.807) is 0 Å². The minimum atomic E-state index is 0.629. The summed E-state index contributed by atoms with van der Waals surface area (Å²) in [4.78, 5) is 17.9. The van der Waals surface area contributed by atoms with Gasteiger partial charge in [-0.05, 0) is 27.7 Å². The van der Waals surface area contributed by atoms with E-state index in [1.165, 1.54) is 143 Å². The molecule has 0 saturated carbocycles. The average molecular weight is 955 g/mol. The van der Waals surface area contributed by atoms with Crippen molar-refractivity contribution >= 4 is 305 Å². The highest BCUT2D eigenvalue weighted by molar-refractivity contribution is 6.73. The van der Waals surface area contributed by atoms with Crippen LogP contribution in [-0.2, 0) is 0 Å². The molecule has 0 N–H and O–H groups in total. The summed E-state index contributed by atoms with van der Waals surface area (Å²) in [5.74, 6) is 1.91. The lowest BCUT2D eigenvalue weighted by Crippen LogP contribution is -2.60.